The third-order valence-electron chi connectivity index (χ3n) is 5.83. The van der Waals surface area contributed by atoms with Crippen LogP contribution < -0.4 is 4.90 Å². The molecule has 0 aromatic heterocycles. The van der Waals surface area contributed by atoms with E-state index >= 15 is 0 Å². The van der Waals surface area contributed by atoms with Gasteiger partial charge in [-0.15, -0.1) is 0 Å². The lowest BCUT2D eigenvalue weighted by Gasteiger charge is -2.35. The van der Waals surface area contributed by atoms with Crippen molar-refractivity contribution in [3.63, 3.8) is 0 Å². The molecule has 4 heteroatoms. The zero-order valence-corrected chi connectivity index (χ0v) is 17.7. The van der Waals surface area contributed by atoms with Gasteiger partial charge in [-0.2, -0.15) is 0 Å². The van der Waals surface area contributed by atoms with Crippen molar-refractivity contribution >= 4 is 45.6 Å². The number of rotatable bonds is 3. The Kier molecular flexibility index (Phi) is 4.98. The number of nitrogens with zero attached hydrogens (tertiary/aromatic N) is 1. The van der Waals surface area contributed by atoms with E-state index in [1.807, 2.05) is 59.5 Å². The largest absolute Gasteiger partial charge is 0.308 e. The van der Waals surface area contributed by atoms with E-state index in [1.54, 1.807) is 0 Å². The zero-order valence-electron chi connectivity index (χ0n) is 16.2. The molecule has 5 rings (SSSR count). The van der Waals surface area contributed by atoms with Crippen LogP contribution in [0.25, 0.3) is 10.8 Å². The second-order valence-corrected chi connectivity index (χ2v) is 8.44. The molecule has 1 aliphatic rings. The molecule has 0 spiro atoms. The normalized spacial score (nSPS) is 16.0. The number of hydrogen-bond acceptors (Lipinski definition) is 1. The lowest BCUT2D eigenvalue weighted by molar-refractivity contribution is -0.119. The van der Waals surface area contributed by atoms with E-state index in [9.17, 15) is 4.79 Å². The van der Waals surface area contributed by atoms with Crippen LogP contribution >= 0.6 is 23.2 Å². The maximum absolute atomic E-state index is 13.3. The van der Waals surface area contributed by atoms with Crippen molar-refractivity contribution in [3.05, 3.63) is 112 Å². The maximum atomic E-state index is 13.3. The molecule has 4 aromatic carbocycles. The molecule has 0 saturated carbocycles. The first kappa shape index (κ1) is 19.2. The number of benzene rings is 4. The van der Waals surface area contributed by atoms with Gasteiger partial charge in [-0.1, -0.05) is 83.9 Å². The predicted molar refractivity (Wildman–Crippen MR) is 125 cm³/mol. The van der Waals surface area contributed by atoms with Crippen LogP contribution in [0.3, 0.4) is 0 Å². The molecule has 1 atom stereocenters. The van der Waals surface area contributed by atoms with Gasteiger partial charge in [-0.25, -0.2) is 0 Å². The molecule has 1 heterocycles. The van der Waals surface area contributed by atoms with E-state index in [1.165, 1.54) is 16.3 Å². The van der Waals surface area contributed by atoms with E-state index in [0.29, 0.717) is 23.0 Å². The van der Waals surface area contributed by atoms with Gasteiger partial charge in [0.1, 0.15) is 0 Å². The third-order valence-corrected chi connectivity index (χ3v) is 6.45. The highest BCUT2D eigenvalue weighted by atomic mass is 35.5. The number of anilines is 1. The van der Waals surface area contributed by atoms with Crippen molar-refractivity contribution in [1.29, 1.82) is 0 Å². The van der Waals surface area contributed by atoms with E-state index in [0.717, 1.165) is 16.8 Å². The quantitative estimate of drug-likeness (QED) is 0.335. The van der Waals surface area contributed by atoms with Gasteiger partial charge in [-0.05, 0) is 51.7 Å². The Morgan fingerprint density at radius 3 is 2.37 bits per heavy atom. The summed E-state index contributed by atoms with van der Waals surface area (Å²) in [5.41, 5.74) is 4.17. The lowest BCUT2D eigenvalue weighted by Crippen LogP contribution is -2.36. The van der Waals surface area contributed by atoms with Crippen molar-refractivity contribution in [3.8, 4) is 0 Å². The van der Waals surface area contributed by atoms with E-state index < -0.39 is 0 Å². The van der Waals surface area contributed by atoms with Crippen molar-refractivity contribution in [2.75, 3.05) is 4.90 Å². The standard InChI is InChI=1S/C26H19Cl2NO/c27-20-12-9-18(10-13-20)22-15-25(30)29(16-19-6-2-4-8-23(19)28)24-14-11-17-5-1-3-7-21(17)26(22)24/h1-14,22H,15-16H2. The molecule has 148 valence electrons. The van der Waals surface area contributed by atoms with Crippen LogP contribution in [0.5, 0.6) is 0 Å². The van der Waals surface area contributed by atoms with Crippen LogP contribution in [0.2, 0.25) is 10.0 Å². The van der Waals surface area contributed by atoms with Crippen molar-refractivity contribution in [2.24, 2.45) is 0 Å². The van der Waals surface area contributed by atoms with Gasteiger partial charge in [0.15, 0.2) is 0 Å². The van der Waals surface area contributed by atoms with Crippen molar-refractivity contribution < 1.29 is 4.79 Å². The highest BCUT2D eigenvalue weighted by Gasteiger charge is 2.33. The van der Waals surface area contributed by atoms with Crippen LogP contribution in [0, 0.1) is 0 Å². The van der Waals surface area contributed by atoms with Crippen LogP contribution in [-0.4, -0.2) is 5.91 Å². The zero-order chi connectivity index (χ0) is 20.7. The Morgan fingerprint density at radius 1 is 0.833 bits per heavy atom. The summed E-state index contributed by atoms with van der Waals surface area (Å²) in [6.07, 6.45) is 0.410. The summed E-state index contributed by atoms with van der Waals surface area (Å²) in [4.78, 5) is 15.2. The van der Waals surface area contributed by atoms with Gasteiger partial charge in [0.2, 0.25) is 5.91 Å². The average molecular weight is 432 g/mol. The number of carbonyl (C=O) groups is 1. The average Bonchev–Trinajstić information content (AvgIpc) is 2.77. The number of amides is 1. The second-order valence-electron chi connectivity index (χ2n) is 7.60. The molecule has 0 bridgehead atoms. The van der Waals surface area contributed by atoms with Crippen LogP contribution in [0.15, 0.2) is 84.9 Å². The molecule has 4 aromatic rings. The van der Waals surface area contributed by atoms with Gasteiger partial charge < -0.3 is 4.90 Å². The first-order valence-electron chi connectivity index (χ1n) is 9.92. The molecule has 0 fully saturated rings. The van der Waals surface area contributed by atoms with Gasteiger partial charge in [0, 0.05) is 28.1 Å². The Balaban J connectivity index is 1.69. The number of carbonyl (C=O) groups excluding carboxylic acids is 1. The number of hydrogen-bond donors (Lipinski definition) is 0. The van der Waals surface area contributed by atoms with Crippen molar-refractivity contribution in [2.45, 2.75) is 18.9 Å². The van der Waals surface area contributed by atoms with Crippen molar-refractivity contribution in [1.82, 2.24) is 0 Å². The van der Waals surface area contributed by atoms with E-state index in [4.69, 9.17) is 23.2 Å². The molecular formula is C26H19Cl2NO. The van der Waals surface area contributed by atoms with Gasteiger partial charge in [0.05, 0.1) is 6.54 Å². The molecule has 0 aliphatic carbocycles. The SMILES string of the molecule is O=C1CC(c2ccc(Cl)cc2)c2c(ccc3ccccc23)N1Cc1ccccc1Cl. The van der Waals surface area contributed by atoms with Gasteiger partial charge in [0.25, 0.3) is 0 Å². The molecule has 1 unspecified atom stereocenters. The maximum Gasteiger partial charge on any atom is 0.228 e. The molecule has 0 radical (unpaired) electrons. The monoisotopic (exact) mass is 431 g/mol. The van der Waals surface area contributed by atoms with Crippen LogP contribution in [0.1, 0.15) is 29.0 Å². The third kappa shape index (κ3) is 3.36. The smallest absolute Gasteiger partial charge is 0.228 e. The fourth-order valence-corrected chi connectivity index (χ4v) is 4.68. The summed E-state index contributed by atoms with van der Waals surface area (Å²) in [6.45, 7) is 0.456. The Labute approximate surface area is 185 Å². The highest BCUT2D eigenvalue weighted by Crippen LogP contribution is 2.44. The summed E-state index contributed by atoms with van der Waals surface area (Å²) in [6, 6.07) is 28.0. The molecule has 2 nitrogen and oxygen atoms in total. The predicted octanol–water partition coefficient (Wildman–Crippen LogP) is 7.22. The first-order valence-corrected chi connectivity index (χ1v) is 10.7. The van der Waals surface area contributed by atoms with Crippen LogP contribution in [0.4, 0.5) is 5.69 Å². The summed E-state index contributed by atoms with van der Waals surface area (Å²) in [5, 5.41) is 3.71. The minimum atomic E-state index is -0.0154. The molecule has 1 amide bonds. The second kappa shape index (κ2) is 7.79. The number of halogens is 2. The minimum Gasteiger partial charge on any atom is -0.308 e. The van der Waals surface area contributed by atoms with Crippen LogP contribution in [-0.2, 0) is 11.3 Å². The molecular weight excluding hydrogens is 413 g/mol. The van der Waals surface area contributed by atoms with Gasteiger partial charge in [-0.3, -0.25) is 4.79 Å². The summed E-state index contributed by atoms with van der Waals surface area (Å²) >= 11 is 12.5. The fourth-order valence-electron chi connectivity index (χ4n) is 4.36. The topological polar surface area (TPSA) is 20.3 Å². The Morgan fingerprint density at radius 2 is 1.57 bits per heavy atom. The Bertz CT molecular complexity index is 1250. The first-order chi connectivity index (χ1) is 14.6. The molecule has 0 N–H and O–H groups in total. The number of fused-ring (bicyclic) bond motifs is 3. The van der Waals surface area contributed by atoms with Gasteiger partial charge >= 0.3 is 0 Å². The molecule has 1 aliphatic heterocycles. The summed E-state index contributed by atoms with van der Waals surface area (Å²) in [7, 11) is 0. The van der Waals surface area contributed by atoms with E-state index in [-0.39, 0.29) is 11.8 Å². The van der Waals surface area contributed by atoms with E-state index in [2.05, 4.69) is 30.3 Å². The molecule has 30 heavy (non-hydrogen) atoms. The molecule has 0 saturated heterocycles. The highest BCUT2D eigenvalue weighted by molar-refractivity contribution is 6.31. The summed E-state index contributed by atoms with van der Waals surface area (Å²) < 4.78 is 0. The fraction of sp³-hybridized carbons (Fsp3) is 0.115. The summed E-state index contributed by atoms with van der Waals surface area (Å²) in [5.74, 6) is 0.0796. The Hall–Kier alpha value is -2.81. The minimum absolute atomic E-state index is 0.0154. The lowest BCUT2D eigenvalue weighted by atomic mass is 9.81.